The van der Waals surface area contributed by atoms with Gasteiger partial charge in [0.15, 0.2) is 6.61 Å². The minimum absolute atomic E-state index is 0.00275. The normalized spacial score (nSPS) is 10.1. The molecule has 0 unspecified atom stereocenters. The Balaban J connectivity index is 2.62. The van der Waals surface area contributed by atoms with Crippen LogP contribution in [0.3, 0.4) is 0 Å². The van der Waals surface area contributed by atoms with E-state index in [0.29, 0.717) is 12.3 Å². The number of carbonyl (C=O) groups is 1. The number of carbonyl (C=O) groups excluding carboxylic acids is 1. The van der Waals surface area contributed by atoms with Gasteiger partial charge in [-0.05, 0) is 35.0 Å². The molecule has 0 radical (unpaired) electrons. The molecule has 20 heavy (non-hydrogen) atoms. The van der Waals surface area contributed by atoms with Crippen LogP contribution in [-0.4, -0.2) is 25.6 Å². The fourth-order valence-corrected chi connectivity index (χ4v) is 2.15. The van der Waals surface area contributed by atoms with Crippen molar-refractivity contribution in [3.63, 3.8) is 0 Å². The summed E-state index contributed by atoms with van der Waals surface area (Å²) in [5.41, 5.74) is 1.03. The molecule has 1 aromatic carbocycles. The highest BCUT2D eigenvalue weighted by Crippen LogP contribution is 2.29. The predicted molar refractivity (Wildman–Crippen MR) is 84.8 cm³/mol. The van der Waals surface area contributed by atoms with E-state index in [2.05, 4.69) is 40.1 Å². The molecule has 0 aliphatic heterocycles. The van der Waals surface area contributed by atoms with E-state index in [9.17, 15) is 4.79 Å². The quantitative estimate of drug-likeness (QED) is 0.536. The van der Waals surface area contributed by atoms with E-state index in [4.69, 9.17) is 4.74 Å². The molecule has 0 aromatic heterocycles. The maximum atomic E-state index is 11.5. The van der Waals surface area contributed by atoms with Crippen LogP contribution < -0.4 is 15.4 Å². The van der Waals surface area contributed by atoms with Crippen molar-refractivity contribution in [3.05, 3.63) is 40.9 Å². The van der Waals surface area contributed by atoms with Gasteiger partial charge in [0.25, 0.3) is 5.91 Å². The van der Waals surface area contributed by atoms with Crippen molar-refractivity contribution in [2.24, 2.45) is 0 Å². The summed E-state index contributed by atoms with van der Waals surface area (Å²) in [7, 11) is 0. The van der Waals surface area contributed by atoms with Crippen molar-refractivity contribution < 1.29 is 9.53 Å². The second kappa shape index (κ2) is 9.55. The first-order valence-electron chi connectivity index (χ1n) is 6.67. The Labute approximate surface area is 128 Å². The molecule has 5 heteroatoms. The molecule has 0 atom stereocenters. The Kier molecular flexibility index (Phi) is 7.99. The van der Waals surface area contributed by atoms with Gasteiger partial charge in [-0.1, -0.05) is 25.1 Å². The maximum absolute atomic E-state index is 11.5. The summed E-state index contributed by atoms with van der Waals surface area (Å²) in [4.78, 5) is 11.5. The topological polar surface area (TPSA) is 50.4 Å². The Bertz CT molecular complexity index is 449. The molecule has 1 amide bonds. The first-order chi connectivity index (χ1) is 9.69. The first-order valence-corrected chi connectivity index (χ1v) is 7.46. The smallest absolute Gasteiger partial charge is 0.258 e. The van der Waals surface area contributed by atoms with Crippen molar-refractivity contribution >= 4 is 21.8 Å². The van der Waals surface area contributed by atoms with E-state index < -0.39 is 0 Å². The van der Waals surface area contributed by atoms with Crippen LogP contribution >= 0.6 is 15.9 Å². The van der Waals surface area contributed by atoms with E-state index in [1.54, 1.807) is 6.08 Å². The number of benzene rings is 1. The number of ether oxygens (including phenoxy) is 1. The molecule has 0 saturated heterocycles. The van der Waals surface area contributed by atoms with E-state index >= 15 is 0 Å². The molecule has 0 aliphatic rings. The largest absolute Gasteiger partial charge is 0.482 e. The van der Waals surface area contributed by atoms with Crippen LogP contribution in [0.2, 0.25) is 0 Å². The summed E-state index contributed by atoms with van der Waals surface area (Å²) < 4.78 is 6.48. The molecule has 1 rings (SSSR count). The lowest BCUT2D eigenvalue weighted by Crippen LogP contribution is -2.29. The Morgan fingerprint density at radius 2 is 2.30 bits per heavy atom. The van der Waals surface area contributed by atoms with E-state index in [1.165, 1.54) is 0 Å². The minimum Gasteiger partial charge on any atom is -0.482 e. The Morgan fingerprint density at radius 3 is 3.00 bits per heavy atom. The van der Waals surface area contributed by atoms with Crippen molar-refractivity contribution in [2.75, 3.05) is 19.7 Å². The third kappa shape index (κ3) is 5.75. The van der Waals surface area contributed by atoms with Gasteiger partial charge in [0.05, 0.1) is 4.47 Å². The maximum Gasteiger partial charge on any atom is 0.258 e. The molecule has 110 valence electrons. The molecule has 0 fully saturated rings. The molecule has 0 spiro atoms. The zero-order chi connectivity index (χ0) is 14.8. The number of hydrogen-bond donors (Lipinski definition) is 2. The van der Waals surface area contributed by atoms with Gasteiger partial charge in [-0.2, -0.15) is 0 Å². The molecule has 1 aromatic rings. The number of para-hydroxylation sites is 1. The molecule has 0 saturated carbocycles. The zero-order valence-electron chi connectivity index (χ0n) is 11.7. The molecule has 0 heterocycles. The van der Waals surface area contributed by atoms with Gasteiger partial charge < -0.3 is 15.4 Å². The SMILES string of the molecule is C=CCNC(=O)COc1c(Br)cccc1CNCCC. The van der Waals surface area contributed by atoms with Gasteiger partial charge in [-0.25, -0.2) is 0 Å². The van der Waals surface area contributed by atoms with Crippen LogP contribution in [-0.2, 0) is 11.3 Å². The van der Waals surface area contributed by atoms with Crippen LogP contribution in [0, 0.1) is 0 Å². The second-order valence-electron chi connectivity index (χ2n) is 4.29. The molecule has 0 aliphatic carbocycles. The fourth-order valence-electron chi connectivity index (χ4n) is 1.63. The highest BCUT2D eigenvalue weighted by atomic mass is 79.9. The van der Waals surface area contributed by atoms with Crippen molar-refractivity contribution in [1.29, 1.82) is 0 Å². The summed E-state index contributed by atoms with van der Waals surface area (Å²) in [6.07, 6.45) is 2.71. The number of nitrogens with one attached hydrogen (secondary N) is 2. The monoisotopic (exact) mass is 340 g/mol. The lowest BCUT2D eigenvalue weighted by molar-refractivity contribution is -0.122. The third-order valence-electron chi connectivity index (χ3n) is 2.58. The predicted octanol–water partition coefficient (Wildman–Crippen LogP) is 2.63. The lowest BCUT2D eigenvalue weighted by atomic mass is 10.2. The van der Waals surface area contributed by atoms with Crippen molar-refractivity contribution in [1.82, 2.24) is 10.6 Å². The van der Waals surface area contributed by atoms with Gasteiger partial charge in [-0.3, -0.25) is 4.79 Å². The van der Waals surface area contributed by atoms with Crippen LogP contribution in [0.4, 0.5) is 0 Å². The van der Waals surface area contributed by atoms with E-state index in [-0.39, 0.29) is 12.5 Å². The summed E-state index contributed by atoms with van der Waals surface area (Å²) >= 11 is 3.46. The average Bonchev–Trinajstić information content (AvgIpc) is 2.44. The second-order valence-corrected chi connectivity index (χ2v) is 5.14. The highest BCUT2D eigenvalue weighted by molar-refractivity contribution is 9.10. The standard InChI is InChI=1S/C15H21BrN2O2/c1-3-8-17-10-12-6-5-7-13(16)15(12)20-11-14(19)18-9-4-2/h4-7,17H,2-3,8-11H2,1H3,(H,18,19). The third-order valence-corrected chi connectivity index (χ3v) is 3.21. The Morgan fingerprint density at radius 1 is 1.50 bits per heavy atom. The first kappa shape index (κ1) is 16.7. The van der Waals surface area contributed by atoms with Crippen LogP contribution in [0.1, 0.15) is 18.9 Å². The zero-order valence-corrected chi connectivity index (χ0v) is 13.3. The summed E-state index contributed by atoms with van der Waals surface area (Å²) in [6.45, 7) is 7.78. The summed E-state index contributed by atoms with van der Waals surface area (Å²) in [6, 6.07) is 5.85. The minimum atomic E-state index is -0.159. The molecular weight excluding hydrogens is 320 g/mol. The van der Waals surface area contributed by atoms with E-state index in [1.807, 2.05) is 18.2 Å². The van der Waals surface area contributed by atoms with Crippen LogP contribution in [0.15, 0.2) is 35.3 Å². The van der Waals surface area contributed by atoms with Crippen molar-refractivity contribution in [2.45, 2.75) is 19.9 Å². The molecule has 2 N–H and O–H groups in total. The average molecular weight is 341 g/mol. The molecule has 0 bridgehead atoms. The number of halogens is 1. The summed E-state index contributed by atoms with van der Waals surface area (Å²) in [5, 5.41) is 6.01. The van der Waals surface area contributed by atoms with Gasteiger partial charge in [0, 0.05) is 18.7 Å². The van der Waals surface area contributed by atoms with Gasteiger partial charge in [0.1, 0.15) is 5.75 Å². The lowest BCUT2D eigenvalue weighted by Gasteiger charge is -2.13. The summed E-state index contributed by atoms with van der Waals surface area (Å²) in [5.74, 6) is 0.554. The molecular formula is C15H21BrN2O2. The van der Waals surface area contributed by atoms with Crippen molar-refractivity contribution in [3.8, 4) is 5.75 Å². The highest BCUT2D eigenvalue weighted by Gasteiger charge is 2.10. The fraction of sp³-hybridized carbons (Fsp3) is 0.400. The number of amides is 1. The number of hydrogen-bond acceptors (Lipinski definition) is 3. The van der Waals surface area contributed by atoms with Gasteiger partial charge in [0.2, 0.25) is 0 Å². The van der Waals surface area contributed by atoms with Crippen LogP contribution in [0.5, 0.6) is 5.75 Å². The van der Waals surface area contributed by atoms with Crippen LogP contribution in [0.25, 0.3) is 0 Å². The number of rotatable bonds is 9. The van der Waals surface area contributed by atoms with E-state index in [0.717, 1.165) is 29.5 Å². The van der Waals surface area contributed by atoms with Gasteiger partial charge >= 0.3 is 0 Å². The molecule has 4 nitrogen and oxygen atoms in total. The Hall–Kier alpha value is -1.33. The van der Waals surface area contributed by atoms with Gasteiger partial charge in [-0.15, -0.1) is 6.58 Å².